The number of rotatable bonds is 5. The van der Waals surface area contributed by atoms with Crippen LogP contribution in [0.3, 0.4) is 0 Å². The molecule has 9 nitrogen and oxygen atoms in total. The quantitative estimate of drug-likeness (QED) is 0.318. The maximum absolute atomic E-state index is 13.1. The largest absolute Gasteiger partial charge is 0.493 e. The van der Waals surface area contributed by atoms with Gasteiger partial charge in [-0.1, -0.05) is 6.07 Å². The number of pyridine rings is 1. The molecule has 0 bridgehead atoms. The number of thioether (sulfide) groups is 1. The molecule has 0 saturated heterocycles. The number of hydrogen-bond acceptors (Lipinski definition) is 8. The van der Waals surface area contributed by atoms with Gasteiger partial charge in [0.25, 0.3) is 5.91 Å². The zero-order valence-corrected chi connectivity index (χ0v) is 19.5. The number of carbonyl (C=O) groups excluding carboxylic acids is 2. The van der Waals surface area contributed by atoms with Crippen LogP contribution >= 0.6 is 11.8 Å². The number of hydrazone groups is 1. The number of nitrogens with zero attached hydrogens (tertiary/aromatic N) is 4. The Morgan fingerprint density at radius 3 is 2.67 bits per heavy atom. The SMILES string of the molecule is COc1cc(/C=C2/C(=N)N3N=C(c4cccnc4)SC3=NC2=O)ccc1OC(=O)c1ccc(F)cc1. The van der Waals surface area contributed by atoms with Gasteiger partial charge >= 0.3 is 5.97 Å². The molecular formula is C25H16FN5O4S. The molecule has 0 aliphatic carbocycles. The summed E-state index contributed by atoms with van der Waals surface area (Å²) in [6, 6.07) is 13.2. The lowest BCUT2D eigenvalue weighted by Crippen LogP contribution is -2.35. The van der Waals surface area contributed by atoms with E-state index < -0.39 is 17.7 Å². The lowest BCUT2D eigenvalue weighted by Gasteiger charge is -2.20. The molecule has 2 aliphatic rings. The van der Waals surface area contributed by atoms with Crippen LogP contribution in [-0.2, 0) is 4.79 Å². The number of fused-ring (bicyclic) bond motifs is 1. The highest BCUT2D eigenvalue weighted by Gasteiger charge is 2.36. The molecule has 178 valence electrons. The van der Waals surface area contributed by atoms with Crippen LogP contribution in [0.5, 0.6) is 11.5 Å². The van der Waals surface area contributed by atoms with Crippen molar-refractivity contribution in [2.24, 2.45) is 10.1 Å². The van der Waals surface area contributed by atoms with Crippen molar-refractivity contribution in [1.82, 2.24) is 9.99 Å². The third-order valence-electron chi connectivity index (χ3n) is 5.14. The summed E-state index contributed by atoms with van der Waals surface area (Å²) in [6.45, 7) is 0. The zero-order chi connectivity index (χ0) is 25.2. The maximum Gasteiger partial charge on any atom is 0.343 e. The van der Waals surface area contributed by atoms with Crippen LogP contribution in [0.1, 0.15) is 21.5 Å². The van der Waals surface area contributed by atoms with Gasteiger partial charge in [0.05, 0.1) is 18.2 Å². The number of esters is 1. The first-order valence-electron chi connectivity index (χ1n) is 10.5. The lowest BCUT2D eigenvalue weighted by molar-refractivity contribution is -0.114. The van der Waals surface area contributed by atoms with Crippen LogP contribution in [0.4, 0.5) is 4.39 Å². The van der Waals surface area contributed by atoms with E-state index in [2.05, 4.69) is 15.1 Å². The monoisotopic (exact) mass is 501 g/mol. The van der Waals surface area contributed by atoms with Crippen molar-refractivity contribution in [3.8, 4) is 11.5 Å². The Kier molecular flexibility index (Phi) is 6.13. The fourth-order valence-corrected chi connectivity index (χ4v) is 4.25. The molecule has 0 fully saturated rings. The van der Waals surface area contributed by atoms with Crippen LogP contribution in [0.15, 0.2) is 82.7 Å². The number of aliphatic imine (C=N–C) groups is 1. The Hall–Kier alpha value is -4.64. The summed E-state index contributed by atoms with van der Waals surface area (Å²) in [6.07, 6.45) is 4.77. The maximum atomic E-state index is 13.1. The summed E-state index contributed by atoms with van der Waals surface area (Å²) in [5, 5.41) is 15.1. The first-order chi connectivity index (χ1) is 17.4. The average molecular weight is 501 g/mol. The smallest absolute Gasteiger partial charge is 0.343 e. The van der Waals surface area contributed by atoms with Gasteiger partial charge in [-0.2, -0.15) is 15.1 Å². The van der Waals surface area contributed by atoms with Gasteiger partial charge < -0.3 is 9.47 Å². The van der Waals surface area contributed by atoms with Crippen molar-refractivity contribution >= 4 is 45.8 Å². The summed E-state index contributed by atoms with van der Waals surface area (Å²) in [5.41, 5.74) is 1.48. The second-order valence-corrected chi connectivity index (χ2v) is 8.43. The predicted molar refractivity (Wildman–Crippen MR) is 133 cm³/mol. The van der Waals surface area contributed by atoms with Crippen LogP contribution < -0.4 is 9.47 Å². The Balaban J connectivity index is 1.39. The average Bonchev–Trinajstić information content (AvgIpc) is 3.32. The summed E-state index contributed by atoms with van der Waals surface area (Å²) >= 11 is 1.18. The highest BCUT2D eigenvalue weighted by atomic mass is 32.2. The number of hydrogen-bond donors (Lipinski definition) is 1. The second kappa shape index (κ2) is 9.55. The number of amidine groups is 2. The minimum atomic E-state index is -0.681. The van der Waals surface area contributed by atoms with E-state index in [9.17, 15) is 14.0 Å². The highest BCUT2D eigenvalue weighted by molar-refractivity contribution is 8.27. The van der Waals surface area contributed by atoms with E-state index in [1.165, 1.54) is 48.2 Å². The van der Waals surface area contributed by atoms with Gasteiger partial charge in [-0.15, -0.1) is 0 Å². The van der Waals surface area contributed by atoms with Crippen LogP contribution in [-0.4, -0.2) is 45.0 Å². The van der Waals surface area contributed by atoms with Gasteiger partial charge in [0.2, 0.25) is 5.17 Å². The first-order valence-corrected chi connectivity index (χ1v) is 11.3. The number of amides is 1. The molecule has 2 aromatic carbocycles. The zero-order valence-electron chi connectivity index (χ0n) is 18.6. The summed E-state index contributed by atoms with van der Waals surface area (Å²) in [5.74, 6) is -1.48. The number of benzene rings is 2. The molecule has 2 aliphatic heterocycles. The number of aromatic nitrogens is 1. The molecular weight excluding hydrogens is 485 g/mol. The Labute approximate surface area is 208 Å². The fraction of sp³-hybridized carbons (Fsp3) is 0.0400. The third-order valence-corrected chi connectivity index (χ3v) is 6.10. The van der Waals surface area contributed by atoms with Crippen molar-refractivity contribution in [3.05, 3.63) is 95.1 Å². The summed E-state index contributed by atoms with van der Waals surface area (Å²) in [7, 11) is 1.40. The van der Waals surface area contributed by atoms with Gasteiger partial charge in [0, 0.05) is 18.0 Å². The molecule has 11 heteroatoms. The predicted octanol–water partition coefficient (Wildman–Crippen LogP) is 4.12. The van der Waals surface area contributed by atoms with Crippen LogP contribution in [0.2, 0.25) is 0 Å². The van der Waals surface area contributed by atoms with E-state index in [1.807, 2.05) is 6.07 Å². The first kappa shape index (κ1) is 23.1. The minimum Gasteiger partial charge on any atom is -0.493 e. The minimum absolute atomic E-state index is 0.0358. The molecule has 0 saturated carbocycles. The van der Waals surface area contributed by atoms with E-state index in [0.717, 1.165) is 17.7 Å². The molecule has 0 spiro atoms. The van der Waals surface area contributed by atoms with E-state index in [-0.39, 0.29) is 28.5 Å². The molecule has 0 atom stereocenters. The third kappa shape index (κ3) is 4.51. The van der Waals surface area contributed by atoms with Crippen LogP contribution in [0, 0.1) is 11.2 Å². The molecule has 5 rings (SSSR count). The molecule has 1 aromatic heterocycles. The molecule has 1 N–H and O–H groups in total. The van der Waals surface area contributed by atoms with Gasteiger partial charge in [-0.25, -0.2) is 9.18 Å². The highest BCUT2D eigenvalue weighted by Crippen LogP contribution is 2.33. The number of ether oxygens (including phenoxy) is 2. The molecule has 3 aromatic rings. The Bertz CT molecular complexity index is 1490. The molecule has 1 amide bonds. The van der Waals surface area contributed by atoms with Crippen molar-refractivity contribution in [2.45, 2.75) is 0 Å². The summed E-state index contributed by atoms with van der Waals surface area (Å²) in [4.78, 5) is 33.3. The van der Waals surface area contributed by atoms with E-state index >= 15 is 0 Å². The van der Waals surface area contributed by atoms with E-state index in [4.69, 9.17) is 14.9 Å². The standard InChI is InChI=1S/C25H16FN5O4S/c1-34-20-12-14(4-9-19(20)35-24(33)15-5-7-17(26)8-6-15)11-18-21(27)31-25(29-22(18)32)36-23(30-31)16-3-2-10-28-13-16/h2-13,27H,1H3/b18-11-,27-21?. The number of halogens is 1. The van der Waals surface area contributed by atoms with Crippen molar-refractivity contribution in [1.29, 1.82) is 5.41 Å². The normalized spacial score (nSPS) is 15.9. The second-order valence-electron chi connectivity index (χ2n) is 7.47. The Morgan fingerprint density at radius 1 is 1.14 bits per heavy atom. The van der Waals surface area contributed by atoms with Gasteiger partial charge in [-0.05, 0) is 71.9 Å². The van der Waals surface area contributed by atoms with Gasteiger partial charge in [0.1, 0.15) is 10.9 Å². The van der Waals surface area contributed by atoms with Crippen LogP contribution in [0.25, 0.3) is 6.08 Å². The Morgan fingerprint density at radius 2 is 1.94 bits per heavy atom. The van der Waals surface area contributed by atoms with E-state index in [1.54, 1.807) is 30.6 Å². The van der Waals surface area contributed by atoms with Crippen molar-refractivity contribution < 1.29 is 23.5 Å². The van der Waals surface area contributed by atoms with Crippen molar-refractivity contribution in [3.63, 3.8) is 0 Å². The summed E-state index contributed by atoms with van der Waals surface area (Å²) < 4.78 is 23.8. The van der Waals surface area contributed by atoms with Crippen molar-refractivity contribution in [2.75, 3.05) is 7.11 Å². The molecule has 0 radical (unpaired) electrons. The fourth-order valence-electron chi connectivity index (χ4n) is 3.37. The number of carbonyl (C=O) groups is 2. The van der Waals surface area contributed by atoms with Gasteiger partial charge in [0.15, 0.2) is 17.3 Å². The molecule has 0 unspecified atom stereocenters. The topological polar surface area (TPSA) is 117 Å². The lowest BCUT2D eigenvalue weighted by atomic mass is 10.1. The van der Waals surface area contributed by atoms with E-state index in [0.29, 0.717) is 15.8 Å². The number of methoxy groups -OCH3 is 1. The number of nitrogens with one attached hydrogen (secondary N) is 1. The molecule has 36 heavy (non-hydrogen) atoms. The van der Waals surface area contributed by atoms with Gasteiger partial charge in [-0.3, -0.25) is 15.2 Å². The molecule has 3 heterocycles.